The second kappa shape index (κ2) is 7.30. The first-order valence-electron chi connectivity index (χ1n) is 7.77. The number of benzene rings is 2. The Balaban J connectivity index is 1.66. The van der Waals surface area contributed by atoms with Gasteiger partial charge in [0, 0.05) is 0 Å². The predicted octanol–water partition coefficient (Wildman–Crippen LogP) is 3.16. The van der Waals surface area contributed by atoms with Gasteiger partial charge < -0.3 is 10.2 Å². The summed E-state index contributed by atoms with van der Waals surface area (Å²) in [6.07, 6.45) is 0. The lowest BCUT2D eigenvalue weighted by Crippen LogP contribution is -3.10. The van der Waals surface area contributed by atoms with E-state index in [1.54, 1.807) is 23.5 Å². The Morgan fingerprint density at radius 3 is 2.71 bits per heavy atom. The summed E-state index contributed by atoms with van der Waals surface area (Å²) in [5, 5.41) is 4.45. The van der Waals surface area contributed by atoms with Gasteiger partial charge in [0.2, 0.25) is 0 Å². The van der Waals surface area contributed by atoms with Crippen molar-refractivity contribution in [2.45, 2.75) is 13.0 Å². The van der Waals surface area contributed by atoms with Crippen molar-refractivity contribution in [3.05, 3.63) is 58.6 Å². The second-order valence-corrected chi connectivity index (χ2v) is 7.26. The Bertz CT molecular complexity index is 831. The molecule has 1 unspecified atom stereocenters. The van der Waals surface area contributed by atoms with Crippen LogP contribution >= 0.6 is 22.9 Å². The van der Waals surface area contributed by atoms with Crippen LogP contribution in [0.2, 0.25) is 5.02 Å². The molecule has 0 aliphatic heterocycles. The Kier molecular flexibility index (Phi) is 5.14. The average Bonchev–Trinajstić information content (AvgIpc) is 3.00. The van der Waals surface area contributed by atoms with E-state index in [1.165, 1.54) is 4.70 Å². The maximum Gasteiger partial charge on any atom is 0.279 e. The van der Waals surface area contributed by atoms with Gasteiger partial charge in [-0.25, -0.2) is 4.98 Å². The van der Waals surface area contributed by atoms with Crippen LogP contribution in [0.25, 0.3) is 10.2 Å². The normalized spacial score (nSPS) is 13.6. The van der Waals surface area contributed by atoms with E-state index in [0.29, 0.717) is 17.3 Å². The number of anilines is 1. The predicted molar refractivity (Wildman–Crippen MR) is 99.9 cm³/mol. The van der Waals surface area contributed by atoms with E-state index in [9.17, 15) is 4.79 Å². The number of hydrogen-bond donors (Lipinski definition) is 2. The molecule has 3 aromatic rings. The molecule has 0 spiro atoms. The van der Waals surface area contributed by atoms with Gasteiger partial charge in [0.25, 0.3) is 5.91 Å². The largest absolute Gasteiger partial charge is 0.322 e. The molecule has 6 heteroatoms. The Hall–Kier alpha value is -1.95. The van der Waals surface area contributed by atoms with E-state index in [2.05, 4.69) is 23.3 Å². The van der Waals surface area contributed by atoms with Crippen molar-refractivity contribution >= 4 is 44.7 Å². The molecule has 24 heavy (non-hydrogen) atoms. The molecule has 1 aromatic heterocycles. The zero-order chi connectivity index (χ0) is 17.1. The van der Waals surface area contributed by atoms with Crippen LogP contribution in [-0.2, 0) is 4.79 Å². The number of nitrogens with zero attached hydrogens (tertiary/aromatic N) is 1. The number of likely N-dealkylation sites (N-methyl/N-ethyl adjacent to an activating group) is 1. The van der Waals surface area contributed by atoms with E-state index in [4.69, 9.17) is 11.6 Å². The molecule has 2 aromatic carbocycles. The molecule has 3 rings (SSSR count). The van der Waals surface area contributed by atoms with Crippen LogP contribution in [0.1, 0.15) is 18.0 Å². The van der Waals surface area contributed by atoms with Crippen molar-refractivity contribution in [3.8, 4) is 0 Å². The van der Waals surface area contributed by atoms with Crippen LogP contribution in [0.5, 0.6) is 0 Å². The van der Waals surface area contributed by atoms with Gasteiger partial charge in [-0.3, -0.25) is 4.79 Å². The number of thiazole rings is 1. The van der Waals surface area contributed by atoms with E-state index in [-0.39, 0.29) is 11.9 Å². The third-order valence-electron chi connectivity index (χ3n) is 4.01. The van der Waals surface area contributed by atoms with E-state index in [0.717, 1.165) is 15.4 Å². The third kappa shape index (κ3) is 3.75. The zero-order valence-electron chi connectivity index (χ0n) is 13.5. The van der Waals surface area contributed by atoms with E-state index >= 15 is 0 Å². The van der Waals surface area contributed by atoms with Crippen LogP contribution in [0, 0.1) is 0 Å². The van der Waals surface area contributed by atoms with Crippen LogP contribution in [0.15, 0.2) is 48.5 Å². The molecule has 0 bridgehead atoms. The van der Waals surface area contributed by atoms with Gasteiger partial charge in [0.1, 0.15) is 6.04 Å². The molecule has 0 aliphatic rings. The molecule has 0 aliphatic carbocycles. The van der Waals surface area contributed by atoms with Crippen LogP contribution in [-0.4, -0.2) is 24.5 Å². The van der Waals surface area contributed by atoms with Crippen LogP contribution < -0.4 is 10.2 Å². The monoisotopic (exact) mass is 360 g/mol. The number of rotatable bonds is 5. The molecule has 2 N–H and O–H groups in total. The number of fused-ring (bicyclic) bond motifs is 1. The Morgan fingerprint density at radius 1 is 1.25 bits per heavy atom. The highest BCUT2D eigenvalue weighted by Gasteiger charge is 2.22. The summed E-state index contributed by atoms with van der Waals surface area (Å²) >= 11 is 7.76. The first-order valence-corrected chi connectivity index (χ1v) is 8.96. The fraction of sp³-hybridized carbons (Fsp3) is 0.222. The standard InChI is InChI=1S/C18H18ClN3OS/c1-12(18-21-15-9-5-6-10-16(15)24-18)22(2)11-17(23)20-14-8-4-3-7-13(14)19/h3-10,12H,11H2,1-2H3,(H,20,23)/p+1/t12-/m0/s1. The molecule has 0 fully saturated rings. The first-order chi connectivity index (χ1) is 11.5. The van der Waals surface area contributed by atoms with Gasteiger partial charge in [0.05, 0.1) is 28.0 Å². The molecule has 4 nitrogen and oxygen atoms in total. The molecule has 2 atom stereocenters. The topological polar surface area (TPSA) is 46.4 Å². The first kappa shape index (κ1) is 16.9. The van der Waals surface area contributed by atoms with Crippen molar-refractivity contribution in [1.29, 1.82) is 0 Å². The fourth-order valence-electron chi connectivity index (χ4n) is 2.45. The number of para-hydroxylation sites is 2. The summed E-state index contributed by atoms with van der Waals surface area (Å²) in [6, 6.07) is 15.5. The molecular weight excluding hydrogens is 342 g/mol. The van der Waals surface area contributed by atoms with Crippen molar-refractivity contribution < 1.29 is 9.69 Å². The summed E-state index contributed by atoms with van der Waals surface area (Å²) in [5.74, 6) is -0.0615. The molecule has 124 valence electrons. The highest BCUT2D eigenvalue weighted by atomic mass is 35.5. The average molecular weight is 361 g/mol. The van der Waals surface area contributed by atoms with Gasteiger partial charge in [0.15, 0.2) is 11.6 Å². The quantitative estimate of drug-likeness (QED) is 0.734. The maximum absolute atomic E-state index is 12.3. The number of aromatic nitrogens is 1. The Morgan fingerprint density at radius 2 is 1.96 bits per heavy atom. The lowest BCUT2D eigenvalue weighted by molar-refractivity contribution is -0.902. The van der Waals surface area contributed by atoms with Crippen molar-refractivity contribution in [3.63, 3.8) is 0 Å². The van der Waals surface area contributed by atoms with Gasteiger partial charge in [-0.1, -0.05) is 35.9 Å². The van der Waals surface area contributed by atoms with Crippen LogP contribution in [0.4, 0.5) is 5.69 Å². The summed E-state index contributed by atoms with van der Waals surface area (Å²) in [6.45, 7) is 2.44. The number of carbonyl (C=O) groups is 1. The number of carbonyl (C=O) groups excluding carboxylic acids is 1. The molecule has 0 saturated carbocycles. The zero-order valence-corrected chi connectivity index (χ0v) is 15.1. The number of halogens is 1. The summed E-state index contributed by atoms with van der Waals surface area (Å²) in [5.41, 5.74) is 1.65. The second-order valence-electron chi connectivity index (χ2n) is 5.79. The maximum atomic E-state index is 12.3. The molecule has 0 saturated heterocycles. The minimum absolute atomic E-state index is 0.0615. The fourth-order valence-corrected chi connectivity index (χ4v) is 3.74. The SMILES string of the molecule is C[C@@H](c1nc2ccccc2s1)[NH+](C)CC(=O)Nc1ccccc1Cl. The lowest BCUT2D eigenvalue weighted by Gasteiger charge is -2.19. The molecular formula is C18H19ClN3OS+. The highest BCUT2D eigenvalue weighted by molar-refractivity contribution is 7.18. The van der Waals surface area contributed by atoms with E-state index in [1.807, 2.05) is 37.4 Å². The smallest absolute Gasteiger partial charge is 0.279 e. The van der Waals surface area contributed by atoms with Crippen molar-refractivity contribution in [1.82, 2.24) is 4.98 Å². The number of hydrogen-bond acceptors (Lipinski definition) is 3. The molecule has 1 heterocycles. The van der Waals surface area contributed by atoms with Gasteiger partial charge in [-0.2, -0.15) is 0 Å². The van der Waals surface area contributed by atoms with Gasteiger partial charge in [-0.15, -0.1) is 11.3 Å². The Labute approximate surface area is 150 Å². The number of quaternary nitrogens is 1. The number of nitrogens with one attached hydrogen (secondary N) is 2. The van der Waals surface area contributed by atoms with Gasteiger partial charge in [-0.05, 0) is 31.2 Å². The minimum Gasteiger partial charge on any atom is -0.322 e. The van der Waals surface area contributed by atoms with Crippen molar-refractivity contribution in [2.24, 2.45) is 0 Å². The van der Waals surface area contributed by atoms with Crippen LogP contribution in [0.3, 0.4) is 0 Å². The number of amides is 1. The summed E-state index contributed by atoms with van der Waals surface area (Å²) in [4.78, 5) is 18.0. The van der Waals surface area contributed by atoms with Crippen molar-refractivity contribution in [2.75, 3.05) is 18.9 Å². The summed E-state index contributed by atoms with van der Waals surface area (Å²) in [7, 11) is 2.00. The molecule has 1 amide bonds. The summed E-state index contributed by atoms with van der Waals surface area (Å²) < 4.78 is 1.17. The van der Waals surface area contributed by atoms with Gasteiger partial charge >= 0.3 is 0 Å². The molecule has 0 radical (unpaired) electrons. The lowest BCUT2D eigenvalue weighted by atomic mass is 10.3. The highest BCUT2D eigenvalue weighted by Crippen LogP contribution is 2.24. The minimum atomic E-state index is -0.0615. The van der Waals surface area contributed by atoms with E-state index < -0.39 is 0 Å². The third-order valence-corrected chi connectivity index (χ3v) is 5.56.